The molecule has 3 heterocycles. The van der Waals surface area contributed by atoms with Crippen molar-refractivity contribution in [2.24, 2.45) is 11.1 Å². The molecule has 0 aliphatic carbocycles. The van der Waals surface area contributed by atoms with Gasteiger partial charge in [-0.2, -0.15) is 0 Å². The number of nitrogens with two attached hydrogens (primary N) is 1. The smallest absolute Gasteiger partial charge is 0.272 e. The van der Waals surface area contributed by atoms with Crippen molar-refractivity contribution >= 4 is 17.5 Å². The Kier molecular flexibility index (Phi) is 5.53. The lowest BCUT2D eigenvalue weighted by atomic mass is 9.79. The summed E-state index contributed by atoms with van der Waals surface area (Å²) in [5, 5.41) is 3.27. The van der Waals surface area contributed by atoms with Crippen LogP contribution in [0.5, 0.6) is 0 Å². The molecule has 0 aromatic carbocycles. The number of ether oxygens (including phenoxy) is 1. The number of nitrogens with zero attached hydrogens (tertiary/aromatic N) is 2. The Morgan fingerprint density at radius 1 is 1.24 bits per heavy atom. The molecule has 2 aliphatic heterocycles. The normalized spacial score (nSPS) is 20.1. The number of carbonyl (C=O) groups excluding carboxylic acids is 2. The second-order valence-electron chi connectivity index (χ2n) is 6.89. The van der Waals surface area contributed by atoms with E-state index in [0.29, 0.717) is 38.3 Å². The average Bonchev–Trinajstić information content (AvgIpc) is 2.67. The van der Waals surface area contributed by atoms with Gasteiger partial charge in [-0.25, -0.2) is 0 Å². The van der Waals surface area contributed by atoms with Crippen LogP contribution in [-0.2, 0) is 9.53 Å². The van der Waals surface area contributed by atoms with E-state index in [-0.39, 0.29) is 11.8 Å². The summed E-state index contributed by atoms with van der Waals surface area (Å²) >= 11 is 0. The maximum atomic E-state index is 12.6. The first-order chi connectivity index (χ1) is 12.1. The first-order valence-corrected chi connectivity index (χ1v) is 8.98. The van der Waals surface area contributed by atoms with Gasteiger partial charge in [0.15, 0.2) is 0 Å². The highest BCUT2D eigenvalue weighted by Crippen LogP contribution is 2.30. The van der Waals surface area contributed by atoms with Gasteiger partial charge in [0.1, 0.15) is 5.69 Å². The first kappa shape index (κ1) is 17.7. The highest BCUT2D eigenvalue weighted by Gasteiger charge is 2.38. The van der Waals surface area contributed by atoms with Crippen molar-refractivity contribution in [3.05, 3.63) is 24.0 Å². The fourth-order valence-electron chi connectivity index (χ4n) is 3.46. The monoisotopic (exact) mass is 346 g/mol. The molecular weight excluding hydrogens is 320 g/mol. The zero-order chi connectivity index (χ0) is 17.7. The van der Waals surface area contributed by atoms with E-state index in [1.165, 1.54) is 6.42 Å². The van der Waals surface area contributed by atoms with Crippen molar-refractivity contribution in [1.82, 2.24) is 9.88 Å². The van der Waals surface area contributed by atoms with Crippen LogP contribution in [0.2, 0.25) is 0 Å². The molecule has 136 valence electrons. The van der Waals surface area contributed by atoms with Gasteiger partial charge in [-0.3, -0.25) is 14.6 Å². The summed E-state index contributed by atoms with van der Waals surface area (Å²) in [5.74, 6) is -0.332. The number of likely N-dealkylation sites (tertiary alicyclic amines) is 1. The average molecular weight is 346 g/mol. The summed E-state index contributed by atoms with van der Waals surface area (Å²) in [5.41, 5.74) is 6.25. The molecule has 2 saturated heterocycles. The molecule has 0 saturated carbocycles. The van der Waals surface area contributed by atoms with Crippen LogP contribution < -0.4 is 11.1 Å². The van der Waals surface area contributed by atoms with E-state index >= 15 is 0 Å². The minimum atomic E-state index is -0.599. The molecule has 25 heavy (non-hydrogen) atoms. The van der Waals surface area contributed by atoms with E-state index in [1.54, 1.807) is 18.3 Å². The third-order valence-electron chi connectivity index (χ3n) is 5.23. The molecule has 0 spiro atoms. The fourth-order valence-corrected chi connectivity index (χ4v) is 3.46. The van der Waals surface area contributed by atoms with E-state index in [0.717, 1.165) is 31.6 Å². The van der Waals surface area contributed by atoms with Crippen LogP contribution >= 0.6 is 0 Å². The molecule has 3 rings (SSSR count). The van der Waals surface area contributed by atoms with Crippen LogP contribution in [0, 0.1) is 5.41 Å². The van der Waals surface area contributed by atoms with Crippen molar-refractivity contribution in [2.45, 2.75) is 32.1 Å². The Morgan fingerprint density at radius 3 is 2.64 bits per heavy atom. The lowest BCUT2D eigenvalue weighted by Crippen LogP contribution is -2.46. The van der Waals surface area contributed by atoms with Crippen LogP contribution in [0.4, 0.5) is 5.69 Å². The molecule has 2 amide bonds. The Bertz CT molecular complexity index is 623. The number of pyridine rings is 1. The minimum Gasteiger partial charge on any atom is -0.384 e. The van der Waals surface area contributed by atoms with Crippen LogP contribution in [0.3, 0.4) is 0 Å². The zero-order valence-electron chi connectivity index (χ0n) is 14.5. The number of aromatic nitrogens is 1. The molecule has 0 unspecified atom stereocenters. The quantitative estimate of drug-likeness (QED) is 0.840. The number of hydrogen-bond acceptors (Lipinski definition) is 5. The number of rotatable bonds is 5. The molecule has 0 atom stereocenters. The van der Waals surface area contributed by atoms with Crippen molar-refractivity contribution in [2.75, 3.05) is 38.2 Å². The molecule has 2 aliphatic rings. The zero-order valence-corrected chi connectivity index (χ0v) is 14.5. The van der Waals surface area contributed by atoms with Gasteiger partial charge in [0.05, 0.1) is 5.41 Å². The van der Waals surface area contributed by atoms with Crippen LogP contribution in [0.25, 0.3) is 0 Å². The van der Waals surface area contributed by atoms with Gasteiger partial charge in [-0.05, 0) is 44.2 Å². The minimum absolute atomic E-state index is 0.0287. The van der Waals surface area contributed by atoms with Crippen molar-refractivity contribution in [3.8, 4) is 0 Å². The maximum absolute atomic E-state index is 12.6. The Labute approximate surface area is 147 Å². The third kappa shape index (κ3) is 4.10. The largest absolute Gasteiger partial charge is 0.384 e. The second-order valence-corrected chi connectivity index (χ2v) is 6.89. The van der Waals surface area contributed by atoms with Gasteiger partial charge in [-0.15, -0.1) is 0 Å². The first-order valence-electron chi connectivity index (χ1n) is 8.98. The summed E-state index contributed by atoms with van der Waals surface area (Å²) in [7, 11) is 0. The second kappa shape index (κ2) is 7.82. The van der Waals surface area contributed by atoms with E-state index in [4.69, 9.17) is 10.5 Å². The molecule has 1 aromatic rings. The fraction of sp³-hybridized carbons (Fsp3) is 0.611. The molecule has 3 N–H and O–H groups in total. The van der Waals surface area contributed by atoms with Gasteiger partial charge in [0.25, 0.3) is 5.91 Å². The Hall–Kier alpha value is -2.15. The topological polar surface area (TPSA) is 97.6 Å². The van der Waals surface area contributed by atoms with Crippen molar-refractivity contribution in [3.63, 3.8) is 0 Å². The van der Waals surface area contributed by atoms with Gasteiger partial charge < -0.3 is 20.7 Å². The lowest BCUT2D eigenvalue weighted by Gasteiger charge is -2.34. The standard InChI is InChI=1S/C18H26N4O3/c19-17(24)18(5-10-25-11-6-18)13-21-14-4-7-20-15(12-14)16(23)22-8-2-1-3-9-22/h4,7,12H,1-3,5-6,8-11,13H2,(H2,19,24)(H,20,21). The van der Waals surface area contributed by atoms with Gasteiger partial charge in [-0.1, -0.05) is 0 Å². The van der Waals surface area contributed by atoms with Crippen LogP contribution in [-0.4, -0.2) is 54.5 Å². The molecule has 0 bridgehead atoms. The number of amides is 2. The molecule has 7 heteroatoms. The van der Waals surface area contributed by atoms with Gasteiger partial charge >= 0.3 is 0 Å². The maximum Gasteiger partial charge on any atom is 0.272 e. The predicted molar refractivity (Wildman–Crippen MR) is 94.2 cm³/mol. The van der Waals surface area contributed by atoms with Crippen LogP contribution in [0.15, 0.2) is 18.3 Å². The number of hydrogen-bond donors (Lipinski definition) is 2. The summed E-state index contributed by atoms with van der Waals surface area (Å²) in [6.45, 7) is 3.11. The number of carbonyl (C=O) groups is 2. The summed E-state index contributed by atoms with van der Waals surface area (Å²) in [6, 6.07) is 3.56. The molecule has 2 fully saturated rings. The van der Waals surface area contributed by atoms with Crippen LogP contribution in [0.1, 0.15) is 42.6 Å². The van der Waals surface area contributed by atoms with Crippen molar-refractivity contribution < 1.29 is 14.3 Å². The lowest BCUT2D eigenvalue weighted by molar-refractivity contribution is -0.132. The highest BCUT2D eigenvalue weighted by molar-refractivity contribution is 5.93. The third-order valence-corrected chi connectivity index (χ3v) is 5.23. The molecular formula is C18H26N4O3. The molecule has 7 nitrogen and oxygen atoms in total. The number of anilines is 1. The number of primary amides is 1. The molecule has 0 radical (unpaired) electrons. The van der Waals surface area contributed by atoms with E-state index in [1.807, 2.05) is 4.90 Å². The van der Waals surface area contributed by atoms with E-state index in [2.05, 4.69) is 10.3 Å². The number of piperidine rings is 1. The summed E-state index contributed by atoms with van der Waals surface area (Å²) in [4.78, 5) is 30.6. The van der Waals surface area contributed by atoms with Crippen molar-refractivity contribution in [1.29, 1.82) is 0 Å². The highest BCUT2D eigenvalue weighted by atomic mass is 16.5. The van der Waals surface area contributed by atoms with Gasteiger partial charge in [0, 0.05) is 44.7 Å². The summed E-state index contributed by atoms with van der Waals surface area (Å²) in [6.07, 6.45) is 6.12. The van der Waals surface area contributed by atoms with E-state index in [9.17, 15) is 9.59 Å². The Balaban J connectivity index is 1.66. The SMILES string of the molecule is NC(=O)C1(CNc2ccnc(C(=O)N3CCCCC3)c2)CCOCC1. The Morgan fingerprint density at radius 2 is 1.96 bits per heavy atom. The number of nitrogens with one attached hydrogen (secondary N) is 1. The van der Waals surface area contributed by atoms with Gasteiger partial charge in [0.2, 0.25) is 5.91 Å². The molecule has 1 aromatic heterocycles. The summed E-state index contributed by atoms with van der Waals surface area (Å²) < 4.78 is 5.35. The van der Waals surface area contributed by atoms with E-state index < -0.39 is 5.41 Å². The predicted octanol–water partition coefficient (Wildman–Crippen LogP) is 1.40.